The van der Waals surface area contributed by atoms with Crippen LogP contribution in [0.3, 0.4) is 0 Å². The van der Waals surface area contributed by atoms with Crippen LogP contribution in [0.2, 0.25) is 0 Å². The molecule has 2 rings (SSSR count). The smallest absolute Gasteiger partial charge is 0.00747 e. The van der Waals surface area contributed by atoms with Gasteiger partial charge in [-0.1, -0.05) is 47.0 Å². The summed E-state index contributed by atoms with van der Waals surface area (Å²) in [6.45, 7) is 9.70. The minimum absolute atomic E-state index is 0.571. The summed E-state index contributed by atoms with van der Waals surface area (Å²) in [6.07, 6.45) is 12.8. The number of hydrogen-bond acceptors (Lipinski definition) is 1. The van der Waals surface area contributed by atoms with E-state index in [0.29, 0.717) is 5.41 Å². The van der Waals surface area contributed by atoms with Gasteiger partial charge in [-0.2, -0.15) is 0 Å². The van der Waals surface area contributed by atoms with Crippen molar-refractivity contribution in [3.05, 3.63) is 0 Å². The third-order valence-corrected chi connectivity index (χ3v) is 5.63. The van der Waals surface area contributed by atoms with Gasteiger partial charge in [-0.25, -0.2) is 0 Å². The van der Waals surface area contributed by atoms with Gasteiger partial charge < -0.3 is 5.32 Å². The van der Waals surface area contributed by atoms with Crippen LogP contribution in [0.1, 0.15) is 85.5 Å². The second kappa shape index (κ2) is 6.61. The highest BCUT2D eigenvalue weighted by Gasteiger charge is 2.30. The molecule has 0 aromatic carbocycles. The van der Waals surface area contributed by atoms with Crippen molar-refractivity contribution >= 4 is 0 Å². The molecule has 0 saturated heterocycles. The summed E-state index contributed by atoms with van der Waals surface area (Å²) < 4.78 is 0. The minimum Gasteiger partial charge on any atom is -0.311 e. The summed E-state index contributed by atoms with van der Waals surface area (Å²) in [5.74, 6) is 1.86. The third kappa shape index (κ3) is 4.77. The lowest BCUT2D eigenvalue weighted by atomic mass is 9.75. The molecule has 0 aliphatic heterocycles. The van der Waals surface area contributed by atoms with Gasteiger partial charge in [-0.3, -0.25) is 0 Å². The predicted octanol–water partition coefficient (Wildman–Crippen LogP) is 5.15. The maximum Gasteiger partial charge on any atom is 0.00747 e. The average molecular weight is 265 g/mol. The number of hydrogen-bond donors (Lipinski definition) is 1. The fraction of sp³-hybridized carbons (Fsp3) is 1.00. The van der Waals surface area contributed by atoms with E-state index in [2.05, 4.69) is 33.0 Å². The summed E-state index contributed by atoms with van der Waals surface area (Å²) >= 11 is 0. The van der Waals surface area contributed by atoms with Gasteiger partial charge >= 0.3 is 0 Å². The monoisotopic (exact) mass is 265 g/mol. The Balaban J connectivity index is 1.79. The summed E-state index contributed by atoms with van der Waals surface area (Å²) in [4.78, 5) is 0. The zero-order valence-corrected chi connectivity index (χ0v) is 13.7. The maximum absolute atomic E-state index is 4.01. The van der Waals surface area contributed by atoms with Crippen molar-refractivity contribution in [1.82, 2.24) is 5.32 Å². The predicted molar refractivity (Wildman–Crippen MR) is 84.4 cm³/mol. The Morgan fingerprint density at radius 1 is 0.895 bits per heavy atom. The van der Waals surface area contributed by atoms with Crippen molar-refractivity contribution in [2.24, 2.45) is 17.3 Å². The molecule has 0 radical (unpaired) electrons. The number of nitrogens with one attached hydrogen (secondary N) is 1. The van der Waals surface area contributed by atoms with Crippen molar-refractivity contribution in [2.45, 2.75) is 97.6 Å². The van der Waals surface area contributed by atoms with E-state index in [0.717, 1.165) is 23.9 Å². The summed E-state index contributed by atoms with van der Waals surface area (Å²) in [5.41, 5.74) is 0.571. The van der Waals surface area contributed by atoms with Gasteiger partial charge in [0.05, 0.1) is 0 Å². The van der Waals surface area contributed by atoms with Crippen LogP contribution in [-0.2, 0) is 0 Å². The second-order valence-electron chi connectivity index (χ2n) is 8.33. The quantitative estimate of drug-likeness (QED) is 0.696. The molecule has 112 valence electrons. The van der Waals surface area contributed by atoms with Crippen LogP contribution in [-0.4, -0.2) is 12.1 Å². The van der Waals surface area contributed by atoms with Crippen LogP contribution < -0.4 is 5.32 Å². The summed E-state index contributed by atoms with van der Waals surface area (Å²) in [6, 6.07) is 1.60. The van der Waals surface area contributed by atoms with Crippen LogP contribution >= 0.6 is 0 Å². The normalized spacial score (nSPS) is 36.2. The summed E-state index contributed by atoms with van der Waals surface area (Å²) in [7, 11) is 0. The second-order valence-corrected chi connectivity index (χ2v) is 8.33. The van der Waals surface area contributed by atoms with Crippen LogP contribution in [0.4, 0.5) is 0 Å². The largest absolute Gasteiger partial charge is 0.311 e. The molecule has 2 aliphatic rings. The molecular formula is C18H35N. The highest BCUT2D eigenvalue weighted by atomic mass is 15.0. The van der Waals surface area contributed by atoms with Gasteiger partial charge in [0.2, 0.25) is 0 Å². The molecule has 19 heavy (non-hydrogen) atoms. The van der Waals surface area contributed by atoms with Crippen LogP contribution in [0.5, 0.6) is 0 Å². The van der Waals surface area contributed by atoms with E-state index >= 15 is 0 Å². The first-order valence-corrected chi connectivity index (χ1v) is 8.72. The Labute approximate surface area is 120 Å². The van der Waals surface area contributed by atoms with E-state index < -0.39 is 0 Å². The molecule has 0 spiro atoms. The molecule has 3 unspecified atom stereocenters. The van der Waals surface area contributed by atoms with Crippen molar-refractivity contribution < 1.29 is 0 Å². The number of rotatable bonds is 3. The van der Waals surface area contributed by atoms with Crippen LogP contribution in [0.15, 0.2) is 0 Å². The van der Waals surface area contributed by atoms with Crippen molar-refractivity contribution in [1.29, 1.82) is 0 Å². The standard InChI is InChI=1S/C18H35N/c1-14(2)15-7-5-8-16(11-10-15)19-17-9-6-12-18(3,4)13-17/h14-17,19H,5-13H2,1-4H3. The van der Waals surface area contributed by atoms with Gasteiger partial charge in [0, 0.05) is 12.1 Å². The fourth-order valence-corrected chi connectivity index (χ4v) is 4.34. The van der Waals surface area contributed by atoms with E-state index in [1.54, 1.807) is 0 Å². The van der Waals surface area contributed by atoms with E-state index in [4.69, 9.17) is 0 Å². The Kier molecular flexibility index (Phi) is 5.34. The van der Waals surface area contributed by atoms with E-state index in [9.17, 15) is 0 Å². The topological polar surface area (TPSA) is 12.0 Å². The molecule has 0 aromatic heterocycles. The SMILES string of the molecule is CC(C)C1CCCC(NC2CCCC(C)(C)C2)CC1. The Bertz CT molecular complexity index is 269. The average Bonchev–Trinajstić information content (AvgIpc) is 2.53. The molecular weight excluding hydrogens is 230 g/mol. The van der Waals surface area contributed by atoms with Crippen molar-refractivity contribution in [3.63, 3.8) is 0 Å². The zero-order chi connectivity index (χ0) is 13.9. The first-order valence-electron chi connectivity index (χ1n) is 8.72. The molecule has 0 bridgehead atoms. The molecule has 3 atom stereocenters. The van der Waals surface area contributed by atoms with E-state index in [1.807, 2.05) is 0 Å². The lowest BCUT2D eigenvalue weighted by molar-refractivity contribution is 0.185. The molecule has 1 N–H and O–H groups in total. The summed E-state index contributed by atoms with van der Waals surface area (Å²) in [5, 5.41) is 4.01. The fourth-order valence-electron chi connectivity index (χ4n) is 4.34. The Morgan fingerprint density at radius 3 is 2.32 bits per heavy atom. The molecule has 1 nitrogen and oxygen atoms in total. The van der Waals surface area contributed by atoms with Gasteiger partial charge in [0.15, 0.2) is 0 Å². The van der Waals surface area contributed by atoms with Crippen molar-refractivity contribution in [3.8, 4) is 0 Å². The molecule has 2 aliphatic carbocycles. The zero-order valence-electron chi connectivity index (χ0n) is 13.7. The Hall–Kier alpha value is -0.0400. The molecule has 0 aromatic rings. The van der Waals surface area contributed by atoms with Gasteiger partial charge in [-0.05, 0) is 55.8 Å². The van der Waals surface area contributed by atoms with Crippen molar-refractivity contribution in [2.75, 3.05) is 0 Å². The third-order valence-electron chi connectivity index (χ3n) is 5.63. The Morgan fingerprint density at radius 2 is 1.63 bits per heavy atom. The van der Waals surface area contributed by atoms with Gasteiger partial charge in [-0.15, -0.1) is 0 Å². The van der Waals surface area contributed by atoms with Crippen LogP contribution in [0.25, 0.3) is 0 Å². The lowest BCUT2D eigenvalue weighted by Gasteiger charge is -2.37. The van der Waals surface area contributed by atoms with Gasteiger partial charge in [0.1, 0.15) is 0 Å². The molecule has 0 heterocycles. The first kappa shape index (κ1) is 15.4. The van der Waals surface area contributed by atoms with Crippen LogP contribution in [0, 0.1) is 17.3 Å². The molecule has 0 amide bonds. The van der Waals surface area contributed by atoms with E-state index in [-0.39, 0.29) is 0 Å². The van der Waals surface area contributed by atoms with Gasteiger partial charge in [0.25, 0.3) is 0 Å². The minimum atomic E-state index is 0.571. The molecule has 2 fully saturated rings. The first-order chi connectivity index (χ1) is 8.96. The lowest BCUT2D eigenvalue weighted by Crippen LogP contribution is -2.42. The molecule has 1 heteroatoms. The highest BCUT2D eigenvalue weighted by Crippen LogP contribution is 2.36. The molecule has 2 saturated carbocycles. The van der Waals surface area contributed by atoms with E-state index in [1.165, 1.54) is 57.8 Å². The maximum atomic E-state index is 4.01. The highest BCUT2D eigenvalue weighted by molar-refractivity contribution is 4.86.